The van der Waals surface area contributed by atoms with Gasteiger partial charge in [0.1, 0.15) is 11.6 Å². The Labute approximate surface area is 117 Å². The topological polar surface area (TPSA) is 51.8 Å². The average Bonchev–Trinajstić information content (AvgIpc) is 3.09. The van der Waals surface area contributed by atoms with E-state index in [0.29, 0.717) is 17.7 Å². The number of hydrogen-bond acceptors (Lipinski definition) is 3. The van der Waals surface area contributed by atoms with E-state index >= 15 is 0 Å². The second-order valence-electron chi connectivity index (χ2n) is 5.72. The van der Waals surface area contributed by atoms with Crippen LogP contribution in [0.2, 0.25) is 0 Å². The van der Waals surface area contributed by atoms with Gasteiger partial charge in [-0.05, 0) is 54.0 Å². The van der Waals surface area contributed by atoms with Gasteiger partial charge in [0, 0.05) is 11.8 Å². The van der Waals surface area contributed by atoms with E-state index < -0.39 is 0 Å². The maximum atomic E-state index is 6.02. The summed E-state index contributed by atoms with van der Waals surface area (Å²) in [7, 11) is 0. The first-order valence-corrected chi connectivity index (χ1v) is 7.81. The average molecular weight is 310 g/mol. The van der Waals surface area contributed by atoms with Gasteiger partial charge in [0.05, 0.1) is 10.2 Å². The molecule has 0 aromatic carbocycles. The Morgan fingerprint density at radius 1 is 1.17 bits per heavy atom. The second kappa shape index (κ2) is 4.80. The summed E-state index contributed by atoms with van der Waals surface area (Å²) in [5, 5.41) is 0. The Morgan fingerprint density at radius 2 is 1.89 bits per heavy atom. The smallest absolute Gasteiger partial charge is 0.141 e. The zero-order chi connectivity index (χ0) is 12.7. The molecule has 2 aliphatic rings. The largest absolute Gasteiger partial charge is 0.383 e. The van der Waals surface area contributed by atoms with Crippen LogP contribution in [0.4, 0.5) is 5.82 Å². The van der Waals surface area contributed by atoms with Crippen LogP contribution >= 0.6 is 15.9 Å². The number of halogens is 1. The third-order valence-corrected chi connectivity index (χ3v) is 5.18. The predicted molar refractivity (Wildman–Crippen MR) is 76.5 cm³/mol. The van der Waals surface area contributed by atoms with E-state index in [9.17, 15) is 0 Å². The number of anilines is 1. The minimum absolute atomic E-state index is 0.530. The molecule has 2 N–H and O–H groups in total. The minimum Gasteiger partial charge on any atom is -0.383 e. The molecule has 2 saturated carbocycles. The fraction of sp³-hybridized carbons (Fsp3) is 0.714. The van der Waals surface area contributed by atoms with Gasteiger partial charge >= 0.3 is 0 Å². The highest BCUT2D eigenvalue weighted by Gasteiger charge is 2.32. The number of aromatic nitrogens is 2. The first-order chi connectivity index (χ1) is 8.69. The number of hydrogen-bond donors (Lipinski definition) is 1. The Kier molecular flexibility index (Phi) is 3.31. The van der Waals surface area contributed by atoms with Crippen molar-refractivity contribution in [3.05, 3.63) is 16.0 Å². The highest BCUT2D eigenvalue weighted by molar-refractivity contribution is 9.10. The molecule has 2 fully saturated rings. The van der Waals surface area contributed by atoms with Crippen molar-refractivity contribution in [1.29, 1.82) is 0 Å². The van der Waals surface area contributed by atoms with Crippen LogP contribution in [-0.2, 0) is 0 Å². The molecule has 0 saturated heterocycles. The first-order valence-electron chi connectivity index (χ1n) is 7.01. The van der Waals surface area contributed by atoms with Crippen LogP contribution in [0, 0.1) is 5.92 Å². The Bertz CT molecular complexity index is 457. The van der Waals surface area contributed by atoms with Crippen LogP contribution in [0.25, 0.3) is 0 Å². The van der Waals surface area contributed by atoms with Crippen molar-refractivity contribution in [3.8, 4) is 0 Å². The summed E-state index contributed by atoms with van der Waals surface area (Å²) in [4.78, 5) is 9.32. The summed E-state index contributed by atoms with van der Waals surface area (Å²) in [6.45, 7) is 2.28. The summed E-state index contributed by atoms with van der Waals surface area (Å²) >= 11 is 3.54. The Balaban J connectivity index is 1.88. The molecule has 2 atom stereocenters. The van der Waals surface area contributed by atoms with Crippen LogP contribution in [0.3, 0.4) is 0 Å². The molecule has 4 heteroatoms. The molecule has 2 aliphatic carbocycles. The highest BCUT2D eigenvalue weighted by Crippen LogP contribution is 2.45. The fourth-order valence-corrected chi connectivity index (χ4v) is 3.49. The van der Waals surface area contributed by atoms with E-state index in [-0.39, 0.29) is 0 Å². The molecule has 0 radical (unpaired) electrons. The molecule has 3 rings (SSSR count). The van der Waals surface area contributed by atoms with Crippen LogP contribution in [0.15, 0.2) is 4.47 Å². The molecule has 18 heavy (non-hydrogen) atoms. The lowest BCUT2D eigenvalue weighted by Crippen LogP contribution is -2.08. The zero-order valence-corrected chi connectivity index (χ0v) is 12.4. The van der Waals surface area contributed by atoms with Crippen LogP contribution in [-0.4, -0.2) is 9.97 Å². The monoisotopic (exact) mass is 309 g/mol. The number of nitrogens with two attached hydrogens (primary N) is 1. The van der Waals surface area contributed by atoms with Crippen molar-refractivity contribution < 1.29 is 0 Å². The van der Waals surface area contributed by atoms with E-state index in [1.807, 2.05) is 0 Å². The standard InChI is InChI=1S/C14H20BrN3/c1-2-8-3-4-10(7-8)14-17-12(9-5-6-9)11(15)13(16)18-14/h8-10H,2-7H2,1H3,(H2,16,17,18). The van der Waals surface area contributed by atoms with Gasteiger partial charge in [-0.15, -0.1) is 0 Å². The molecule has 0 bridgehead atoms. The molecule has 2 unspecified atom stereocenters. The van der Waals surface area contributed by atoms with Crippen molar-refractivity contribution in [2.45, 2.75) is 57.3 Å². The van der Waals surface area contributed by atoms with Gasteiger partial charge < -0.3 is 5.73 Å². The number of nitrogen functional groups attached to an aromatic ring is 1. The Hall–Kier alpha value is -0.640. The second-order valence-corrected chi connectivity index (χ2v) is 6.52. The van der Waals surface area contributed by atoms with Gasteiger partial charge in [-0.3, -0.25) is 0 Å². The van der Waals surface area contributed by atoms with Crippen LogP contribution < -0.4 is 5.73 Å². The molecular formula is C14H20BrN3. The predicted octanol–water partition coefficient (Wildman–Crippen LogP) is 3.99. The summed E-state index contributed by atoms with van der Waals surface area (Å²) in [6.07, 6.45) is 7.55. The molecule has 1 aromatic heterocycles. The van der Waals surface area contributed by atoms with E-state index in [1.54, 1.807) is 0 Å². The van der Waals surface area contributed by atoms with E-state index in [4.69, 9.17) is 10.7 Å². The number of rotatable bonds is 3. The van der Waals surface area contributed by atoms with E-state index in [1.165, 1.54) is 38.5 Å². The quantitative estimate of drug-likeness (QED) is 0.918. The highest BCUT2D eigenvalue weighted by atomic mass is 79.9. The summed E-state index contributed by atoms with van der Waals surface area (Å²) in [5.74, 6) is 3.62. The van der Waals surface area contributed by atoms with Gasteiger partial charge in [-0.1, -0.05) is 13.3 Å². The lowest BCUT2D eigenvalue weighted by Gasteiger charge is -2.13. The molecule has 98 valence electrons. The zero-order valence-electron chi connectivity index (χ0n) is 10.8. The lowest BCUT2D eigenvalue weighted by molar-refractivity contribution is 0.516. The minimum atomic E-state index is 0.530. The van der Waals surface area contributed by atoms with E-state index in [2.05, 4.69) is 27.8 Å². The third-order valence-electron chi connectivity index (χ3n) is 4.37. The van der Waals surface area contributed by atoms with Crippen LogP contribution in [0.1, 0.15) is 68.8 Å². The normalized spacial score (nSPS) is 27.7. The molecule has 0 amide bonds. The Morgan fingerprint density at radius 3 is 2.50 bits per heavy atom. The fourth-order valence-electron chi connectivity index (χ4n) is 2.99. The maximum Gasteiger partial charge on any atom is 0.141 e. The molecule has 3 nitrogen and oxygen atoms in total. The van der Waals surface area contributed by atoms with Crippen LogP contribution in [0.5, 0.6) is 0 Å². The lowest BCUT2D eigenvalue weighted by atomic mass is 10.0. The molecule has 0 aliphatic heterocycles. The van der Waals surface area contributed by atoms with Crippen molar-refractivity contribution in [2.24, 2.45) is 5.92 Å². The molecule has 1 aromatic rings. The first kappa shape index (κ1) is 12.4. The molecule has 1 heterocycles. The summed E-state index contributed by atoms with van der Waals surface area (Å²) < 4.78 is 0.929. The van der Waals surface area contributed by atoms with E-state index in [0.717, 1.165) is 21.9 Å². The SMILES string of the molecule is CCC1CCC(c2nc(N)c(Br)c(C3CC3)n2)C1. The van der Waals surface area contributed by atoms with Crippen molar-refractivity contribution >= 4 is 21.7 Å². The van der Waals surface area contributed by atoms with Gasteiger partial charge in [0.2, 0.25) is 0 Å². The van der Waals surface area contributed by atoms with Gasteiger partial charge in [0.15, 0.2) is 0 Å². The maximum absolute atomic E-state index is 6.02. The summed E-state index contributed by atoms with van der Waals surface area (Å²) in [5.41, 5.74) is 7.17. The third kappa shape index (κ3) is 2.27. The van der Waals surface area contributed by atoms with Gasteiger partial charge in [0.25, 0.3) is 0 Å². The van der Waals surface area contributed by atoms with Crippen molar-refractivity contribution in [1.82, 2.24) is 9.97 Å². The summed E-state index contributed by atoms with van der Waals surface area (Å²) in [6, 6.07) is 0. The van der Waals surface area contributed by atoms with Crippen molar-refractivity contribution in [2.75, 3.05) is 5.73 Å². The number of nitrogens with zero attached hydrogens (tertiary/aromatic N) is 2. The van der Waals surface area contributed by atoms with Crippen molar-refractivity contribution in [3.63, 3.8) is 0 Å². The van der Waals surface area contributed by atoms with Gasteiger partial charge in [-0.2, -0.15) is 0 Å². The molecule has 0 spiro atoms. The molecular weight excluding hydrogens is 290 g/mol. The van der Waals surface area contributed by atoms with Gasteiger partial charge in [-0.25, -0.2) is 9.97 Å².